The average molecular weight is 389 g/mol. The molecular formula is C13H9ClN2O4S3. The lowest BCUT2D eigenvalue weighted by Gasteiger charge is -2.22. The van der Waals surface area contributed by atoms with Gasteiger partial charge >= 0.3 is 0 Å². The zero-order valence-electron chi connectivity index (χ0n) is 11.4. The highest BCUT2D eigenvalue weighted by Crippen LogP contribution is 2.40. The normalized spacial score (nSPS) is 13.8. The van der Waals surface area contributed by atoms with E-state index in [4.69, 9.17) is 17.3 Å². The zero-order chi connectivity index (χ0) is 16.7. The summed E-state index contributed by atoms with van der Waals surface area (Å²) >= 11 is 7.51. The molecule has 3 rings (SSSR count). The van der Waals surface area contributed by atoms with Crippen molar-refractivity contribution in [1.29, 1.82) is 0 Å². The van der Waals surface area contributed by atoms with E-state index in [1.165, 1.54) is 17.4 Å². The molecule has 6 nitrogen and oxygen atoms in total. The maximum Gasteiger partial charge on any atom is 0.218 e. The van der Waals surface area contributed by atoms with Gasteiger partial charge in [0.15, 0.2) is 0 Å². The van der Waals surface area contributed by atoms with Crippen molar-refractivity contribution in [2.24, 2.45) is 0 Å². The Morgan fingerprint density at radius 2 is 1.87 bits per heavy atom. The largest absolute Gasteiger partial charge is 0.398 e. The van der Waals surface area contributed by atoms with E-state index in [0.717, 1.165) is 0 Å². The number of benzene rings is 1. The quantitative estimate of drug-likeness (QED) is 0.585. The van der Waals surface area contributed by atoms with E-state index >= 15 is 0 Å². The highest BCUT2D eigenvalue weighted by atomic mass is 35.5. The Hall–Kier alpha value is -1.68. The summed E-state index contributed by atoms with van der Waals surface area (Å²) < 4.78 is 45.9. The fourth-order valence-electron chi connectivity index (χ4n) is 2.56. The van der Waals surface area contributed by atoms with Crippen molar-refractivity contribution in [3.05, 3.63) is 33.8 Å². The number of hydrogen-bond donors (Lipinski definition) is 1. The number of halogens is 1. The summed E-state index contributed by atoms with van der Waals surface area (Å²) in [6.45, 7) is 0. The highest BCUT2D eigenvalue weighted by molar-refractivity contribution is 7.75. The first-order valence-electron chi connectivity index (χ1n) is 6.30. The van der Waals surface area contributed by atoms with Crippen LogP contribution in [0.25, 0.3) is 10.6 Å². The predicted molar refractivity (Wildman–Crippen MR) is 92.2 cm³/mol. The molecule has 1 aromatic carbocycles. The van der Waals surface area contributed by atoms with Gasteiger partial charge in [-0.2, -0.15) is 16.8 Å². The van der Waals surface area contributed by atoms with Crippen molar-refractivity contribution in [3.63, 3.8) is 0 Å². The minimum Gasteiger partial charge on any atom is -0.398 e. The minimum atomic E-state index is -2.60. The van der Waals surface area contributed by atoms with Crippen LogP contribution >= 0.6 is 22.9 Å². The summed E-state index contributed by atoms with van der Waals surface area (Å²) in [6, 6.07) is 1.50. The van der Waals surface area contributed by atoms with Gasteiger partial charge in [0, 0.05) is 46.3 Å². The molecule has 0 aliphatic heterocycles. The van der Waals surface area contributed by atoms with E-state index in [-0.39, 0.29) is 27.6 Å². The van der Waals surface area contributed by atoms with E-state index in [0.29, 0.717) is 27.4 Å². The summed E-state index contributed by atoms with van der Waals surface area (Å²) in [4.78, 5) is 4.23. The summed E-state index contributed by atoms with van der Waals surface area (Å²) in [5.41, 5.74) is 7.63. The monoisotopic (exact) mass is 388 g/mol. The second-order valence-corrected chi connectivity index (χ2v) is 8.11. The topological polar surface area (TPSA) is 107 Å². The lowest BCUT2D eigenvalue weighted by molar-refractivity contribution is 0.626. The Morgan fingerprint density at radius 3 is 2.43 bits per heavy atom. The molecular weight excluding hydrogens is 380 g/mol. The lowest BCUT2D eigenvalue weighted by Crippen LogP contribution is -2.24. The van der Waals surface area contributed by atoms with Crippen LogP contribution in [-0.2, 0) is 27.0 Å². The molecule has 2 aromatic rings. The van der Waals surface area contributed by atoms with Crippen LogP contribution < -0.4 is 5.73 Å². The highest BCUT2D eigenvalue weighted by Gasteiger charge is 2.29. The maximum atomic E-state index is 11.7. The number of nitrogens with two attached hydrogens (primary N) is 1. The number of thiazole rings is 1. The first-order chi connectivity index (χ1) is 10.9. The number of hydrogen-bond acceptors (Lipinski definition) is 7. The van der Waals surface area contributed by atoms with Crippen LogP contribution in [0.2, 0.25) is 5.02 Å². The smallest absolute Gasteiger partial charge is 0.218 e. The zero-order valence-corrected chi connectivity index (χ0v) is 14.6. The van der Waals surface area contributed by atoms with Gasteiger partial charge in [0.2, 0.25) is 20.6 Å². The van der Waals surface area contributed by atoms with Gasteiger partial charge in [0.05, 0.1) is 9.73 Å². The van der Waals surface area contributed by atoms with Crippen molar-refractivity contribution >= 4 is 58.9 Å². The molecule has 10 heteroatoms. The average Bonchev–Trinajstić information content (AvgIpc) is 3.00. The molecule has 0 radical (unpaired) electrons. The Morgan fingerprint density at radius 1 is 1.13 bits per heavy atom. The first-order valence-corrected chi connectivity index (χ1v) is 9.71. The fraction of sp³-hybridized carbons (Fsp3) is 0.154. The van der Waals surface area contributed by atoms with E-state index in [1.807, 2.05) is 0 Å². The fourth-order valence-corrected chi connectivity index (χ4v) is 4.84. The van der Waals surface area contributed by atoms with Crippen molar-refractivity contribution < 1.29 is 16.8 Å². The number of nitrogen functional groups attached to an aromatic ring is 1. The van der Waals surface area contributed by atoms with Crippen LogP contribution in [-0.4, -0.2) is 31.5 Å². The Bertz CT molecular complexity index is 1070. The van der Waals surface area contributed by atoms with Crippen LogP contribution in [0.3, 0.4) is 0 Å². The molecule has 1 aromatic heterocycles. The van der Waals surface area contributed by atoms with Gasteiger partial charge in [-0.05, 0) is 11.6 Å². The summed E-state index contributed by atoms with van der Waals surface area (Å²) in [7, 11) is -5.09. The second-order valence-electron chi connectivity index (χ2n) is 4.80. The molecule has 2 N–H and O–H groups in total. The third-order valence-electron chi connectivity index (χ3n) is 3.50. The molecule has 0 saturated carbocycles. The predicted octanol–water partition coefficient (Wildman–Crippen LogP) is 1.44. The third-order valence-corrected chi connectivity index (χ3v) is 6.14. The summed E-state index contributed by atoms with van der Waals surface area (Å²) in [6.07, 6.45) is 1.46. The standard InChI is InChI=1S/C13H9ClN2O4S3/c14-8-5-9(15)12(13-16-1-2-21-13)11-7(8)3-6(22(17)18)4-10(11)23(19)20/h1-2,5H,3-4,15H2. The van der Waals surface area contributed by atoms with Gasteiger partial charge in [0.1, 0.15) is 5.01 Å². The van der Waals surface area contributed by atoms with E-state index in [9.17, 15) is 16.8 Å². The van der Waals surface area contributed by atoms with Gasteiger partial charge in [-0.25, -0.2) is 4.98 Å². The van der Waals surface area contributed by atoms with Crippen molar-refractivity contribution in [3.8, 4) is 10.6 Å². The molecule has 0 saturated heterocycles. The molecule has 1 heterocycles. The van der Waals surface area contributed by atoms with Gasteiger partial charge in [0.25, 0.3) is 0 Å². The summed E-state index contributed by atoms with van der Waals surface area (Å²) in [5.74, 6) is 0. The van der Waals surface area contributed by atoms with Crippen LogP contribution in [0, 0.1) is 0 Å². The van der Waals surface area contributed by atoms with Crippen LogP contribution in [0.1, 0.15) is 17.5 Å². The lowest BCUT2D eigenvalue weighted by atomic mass is 9.87. The number of anilines is 1. The second kappa shape index (κ2) is 6.08. The Labute approximate surface area is 143 Å². The molecule has 0 bridgehead atoms. The minimum absolute atomic E-state index is 0.0372. The Kier molecular flexibility index (Phi) is 4.28. The number of nitrogens with zero attached hydrogens (tertiary/aromatic N) is 1. The molecule has 120 valence electrons. The molecule has 0 unspecified atom stereocenters. The Balaban J connectivity index is 2.49. The molecule has 0 atom stereocenters. The summed E-state index contributed by atoms with van der Waals surface area (Å²) in [5, 5.41) is 2.55. The molecule has 0 amide bonds. The number of aromatic nitrogens is 1. The maximum absolute atomic E-state index is 11.7. The molecule has 1 aliphatic rings. The van der Waals surface area contributed by atoms with Crippen molar-refractivity contribution in [1.82, 2.24) is 4.98 Å². The van der Waals surface area contributed by atoms with Crippen LogP contribution in [0.5, 0.6) is 0 Å². The van der Waals surface area contributed by atoms with Crippen molar-refractivity contribution in [2.75, 3.05) is 5.73 Å². The van der Waals surface area contributed by atoms with Gasteiger partial charge in [-0.15, -0.1) is 11.3 Å². The van der Waals surface area contributed by atoms with E-state index in [2.05, 4.69) is 4.98 Å². The molecule has 0 spiro atoms. The SMILES string of the molecule is Nc1cc(Cl)c2c(c1-c1nccs1)C(=S(=O)=O)CC(=S(=O)=O)C2. The van der Waals surface area contributed by atoms with Crippen LogP contribution in [0.15, 0.2) is 17.6 Å². The molecule has 0 fully saturated rings. The third kappa shape index (κ3) is 2.80. The number of rotatable bonds is 1. The van der Waals surface area contributed by atoms with Gasteiger partial charge in [-0.3, -0.25) is 0 Å². The van der Waals surface area contributed by atoms with E-state index in [1.54, 1.807) is 11.6 Å². The van der Waals surface area contributed by atoms with Gasteiger partial charge in [-0.1, -0.05) is 11.6 Å². The number of fused-ring (bicyclic) bond motifs is 1. The molecule has 1 aliphatic carbocycles. The van der Waals surface area contributed by atoms with Crippen LogP contribution in [0.4, 0.5) is 5.69 Å². The van der Waals surface area contributed by atoms with Crippen molar-refractivity contribution in [2.45, 2.75) is 12.8 Å². The van der Waals surface area contributed by atoms with Gasteiger partial charge < -0.3 is 5.73 Å². The van der Waals surface area contributed by atoms with E-state index < -0.39 is 20.6 Å². The molecule has 23 heavy (non-hydrogen) atoms. The first kappa shape index (κ1) is 16.2.